The molecule has 0 saturated carbocycles. The summed E-state index contributed by atoms with van der Waals surface area (Å²) in [4.78, 5) is 11.2. The molecule has 0 heterocycles. The van der Waals surface area contributed by atoms with Crippen LogP contribution in [0.1, 0.15) is 15.9 Å². The van der Waals surface area contributed by atoms with E-state index in [0.29, 0.717) is 0 Å². The maximum Gasteiger partial charge on any atom is 0.254 e. The highest BCUT2D eigenvalue weighted by molar-refractivity contribution is 6.68. The van der Waals surface area contributed by atoms with Crippen LogP contribution >= 0.6 is 34.8 Å². The van der Waals surface area contributed by atoms with Crippen molar-refractivity contribution in [2.45, 2.75) is 6.92 Å². The second-order valence-electron chi connectivity index (χ2n) is 4.23. The van der Waals surface area contributed by atoms with Crippen LogP contribution in [0.4, 0.5) is 13.2 Å². The quantitative estimate of drug-likeness (QED) is 0.498. The van der Waals surface area contributed by atoms with Gasteiger partial charge in [-0.2, -0.15) is 4.39 Å². The lowest BCUT2D eigenvalue weighted by molar-refractivity contribution is 0.108. The zero-order valence-electron chi connectivity index (χ0n) is 10.8. The van der Waals surface area contributed by atoms with Gasteiger partial charge in [0.25, 0.3) is 5.24 Å². The van der Waals surface area contributed by atoms with Crippen molar-refractivity contribution in [3.05, 3.63) is 56.8 Å². The van der Waals surface area contributed by atoms with Crippen LogP contribution in [0.2, 0.25) is 10.0 Å². The fourth-order valence-corrected chi connectivity index (χ4v) is 2.32. The Morgan fingerprint density at radius 1 is 1.09 bits per heavy atom. The zero-order valence-corrected chi connectivity index (χ0v) is 13.1. The van der Waals surface area contributed by atoms with E-state index in [1.807, 2.05) is 0 Å². The molecule has 2 nitrogen and oxygen atoms in total. The predicted molar refractivity (Wildman–Crippen MR) is 77.8 cm³/mol. The molecule has 0 radical (unpaired) electrons. The second-order valence-corrected chi connectivity index (χ2v) is 5.36. The van der Waals surface area contributed by atoms with E-state index < -0.39 is 39.0 Å². The van der Waals surface area contributed by atoms with E-state index in [9.17, 15) is 18.0 Å². The molecule has 0 N–H and O–H groups in total. The van der Waals surface area contributed by atoms with Crippen molar-refractivity contribution >= 4 is 40.0 Å². The largest absolute Gasteiger partial charge is 0.452 e. The first-order valence-corrected chi connectivity index (χ1v) is 6.87. The van der Waals surface area contributed by atoms with E-state index >= 15 is 0 Å². The van der Waals surface area contributed by atoms with E-state index in [1.54, 1.807) is 0 Å². The van der Waals surface area contributed by atoms with Crippen LogP contribution in [0.5, 0.6) is 11.5 Å². The molecule has 2 aromatic rings. The summed E-state index contributed by atoms with van der Waals surface area (Å²) in [5, 5.41) is -1.55. The standard InChI is InChI=1S/C14H6Cl3F3O2/c1-5-10(18)9(16)13(12(20)11(5)19)22-6-2-3-8(15)7(4-6)14(17)21/h2-4H,1H3. The van der Waals surface area contributed by atoms with Crippen molar-refractivity contribution in [3.8, 4) is 11.5 Å². The van der Waals surface area contributed by atoms with E-state index in [2.05, 4.69) is 0 Å². The van der Waals surface area contributed by atoms with E-state index in [1.165, 1.54) is 12.1 Å². The van der Waals surface area contributed by atoms with Crippen LogP contribution in [0.3, 0.4) is 0 Å². The third-order valence-corrected chi connectivity index (χ3v) is 3.68. The second kappa shape index (κ2) is 6.36. The van der Waals surface area contributed by atoms with Gasteiger partial charge in [0.15, 0.2) is 17.4 Å². The number of halogens is 6. The molecule has 22 heavy (non-hydrogen) atoms. The Hall–Kier alpha value is -1.43. The van der Waals surface area contributed by atoms with Gasteiger partial charge in [-0.05, 0) is 36.7 Å². The Balaban J connectivity index is 2.53. The van der Waals surface area contributed by atoms with Gasteiger partial charge in [-0.3, -0.25) is 4.79 Å². The molecule has 0 atom stereocenters. The Morgan fingerprint density at radius 2 is 1.73 bits per heavy atom. The summed E-state index contributed by atoms with van der Waals surface area (Å²) in [6.07, 6.45) is 0. The minimum absolute atomic E-state index is 0.0418. The Kier molecular flexibility index (Phi) is 4.90. The normalized spacial score (nSPS) is 10.7. The van der Waals surface area contributed by atoms with Gasteiger partial charge in [0.2, 0.25) is 5.82 Å². The molecule has 0 aliphatic carbocycles. The van der Waals surface area contributed by atoms with Gasteiger partial charge < -0.3 is 4.74 Å². The number of hydrogen-bond acceptors (Lipinski definition) is 2. The summed E-state index contributed by atoms with van der Waals surface area (Å²) in [6, 6.07) is 3.62. The molecular weight excluding hydrogens is 364 g/mol. The predicted octanol–water partition coefficient (Wildman–Crippen LogP) is 5.89. The fourth-order valence-electron chi connectivity index (χ4n) is 1.65. The van der Waals surface area contributed by atoms with Crippen LogP contribution in [-0.4, -0.2) is 5.24 Å². The van der Waals surface area contributed by atoms with E-state index in [4.69, 9.17) is 39.5 Å². The summed E-state index contributed by atoms with van der Waals surface area (Å²) in [7, 11) is 0. The van der Waals surface area contributed by atoms with E-state index in [0.717, 1.165) is 13.0 Å². The lowest BCUT2D eigenvalue weighted by Gasteiger charge is -2.12. The highest BCUT2D eigenvalue weighted by Crippen LogP contribution is 2.38. The summed E-state index contributed by atoms with van der Waals surface area (Å²) in [5.41, 5.74) is -0.673. The van der Waals surface area contributed by atoms with Crippen molar-refractivity contribution in [2.75, 3.05) is 0 Å². The Morgan fingerprint density at radius 3 is 2.32 bits per heavy atom. The maximum atomic E-state index is 13.9. The first kappa shape index (κ1) is 16.9. The lowest BCUT2D eigenvalue weighted by atomic mass is 10.2. The van der Waals surface area contributed by atoms with Crippen molar-refractivity contribution in [1.29, 1.82) is 0 Å². The molecule has 0 aliphatic heterocycles. The molecule has 0 saturated heterocycles. The highest BCUT2D eigenvalue weighted by atomic mass is 35.5. The minimum Gasteiger partial charge on any atom is -0.452 e. The number of ether oxygens (including phenoxy) is 1. The van der Waals surface area contributed by atoms with Crippen molar-refractivity contribution in [1.82, 2.24) is 0 Å². The maximum absolute atomic E-state index is 13.9. The number of rotatable bonds is 3. The van der Waals surface area contributed by atoms with Gasteiger partial charge in [0.1, 0.15) is 10.8 Å². The molecule has 0 spiro atoms. The molecular formula is C14H6Cl3F3O2. The molecule has 0 fully saturated rings. The number of benzene rings is 2. The molecule has 0 bridgehead atoms. The first-order chi connectivity index (χ1) is 10.2. The summed E-state index contributed by atoms with van der Waals surface area (Å²) in [6.45, 7) is 1.04. The average molecular weight is 370 g/mol. The minimum atomic E-state index is -1.45. The van der Waals surface area contributed by atoms with E-state index in [-0.39, 0.29) is 16.3 Å². The third-order valence-electron chi connectivity index (χ3n) is 2.81. The number of carbonyl (C=O) groups excluding carboxylic acids is 1. The van der Waals surface area contributed by atoms with Crippen molar-refractivity contribution < 1.29 is 22.7 Å². The van der Waals surface area contributed by atoms with Crippen LogP contribution in [-0.2, 0) is 0 Å². The van der Waals surface area contributed by atoms with Crippen LogP contribution in [0.25, 0.3) is 0 Å². The van der Waals surface area contributed by atoms with Gasteiger partial charge in [0, 0.05) is 5.56 Å². The molecule has 2 aromatic carbocycles. The molecule has 116 valence electrons. The van der Waals surface area contributed by atoms with Gasteiger partial charge in [-0.15, -0.1) is 0 Å². The summed E-state index contributed by atoms with van der Waals surface area (Å²) in [5.74, 6) is -4.95. The lowest BCUT2D eigenvalue weighted by Crippen LogP contribution is -2.01. The SMILES string of the molecule is Cc1c(F)c(F)c(Oc2ccc(Cl)c(C(=O)Cl)c2)c(Cl)c1F. The monoisotopic (exact) mass is 368 g/mol. The first-order valence-electron chi connectivity index (χ1n) is 5.73. The number of carbonyl (C=O) groups is 1. The smallest absolute Gasteiger partial charge is 0.254 e. The van der Waals surface area contributed by atoms with Gasteiger partial charge in [-0.25, -0.2) is 8.78 Å². The molecule has 0 unspecified atom stereocenters. The molecule has 2 rings (SSSR count). The number of hydrogen-bond donors (Lipinski definition) is 0. The topological polar surface area (TPSA) is 26.3 Å². The molecule has 0 aromatic heterocycles. The Bertz CT molecular complexity index is 749. The zero-order chi connectivity index (χ0) is 16.6. The van der Waals surface area contributed by atoms with Gasteiger partial charge in [-0.1, -0.05) is 23.2 Å². The highest BCUT2D eigenvalue weighted by Gasteiger charge is 2.24. The summed E-state index contributed by atoms with van der Waals surface area (Å²) < 4.78 is 46.2. The summed E-state index contributed by atoms with van der Waals surface area (Å²) >= 11 is 16.7. The van der Waals surface area contributed by atoms with Gasteiger partial charge in [0.05, 0.1) is 10.6 Å². The molecule has 0 amide bonds. The Labute approximate surface area is 138 Å². The van der Waals surface area contributed by atoms with Crippen LogP contribution in [0, 0.1) is 24.4 Å². The van der Waals surface area contributed by atoms with Crippen molar-refractivity contribution in [2.24, 2.45) is 0 Å². The molecule has 0 aliphatic rings. The van der Waals surface area contributed by atoms with Crippen LogP contribution < -0.4 is 4.74 Å². The molecule has 8 heteroatoms. The van der Waals surface area contributed by atoms with Crippen molar-refractivity contribution in [3.63, 3.8) is 0 Å². The van der Waals surface area contributed by atoms with Crippen LogP contribution in [0.15, 0.2) is 18.2 Å². The third kappa shape index (κ3) is 3.02. The average Bonchev–Trinajstić information content (AvgIpc) is 2.49. The fraction of sp³-hybridized carbons (Fsp3) is 0.0714. The van der Waals surface area contributed by atoms with Gasteiger partial charge >= 0.3 is 0 Å².